The molecule has 0 spiro atoms. The van der Waals surface area contributed by atoms with E-state index in [0.29, 0.717) is 0 Å². The molecule has 0 N–H and O–H groups in total. The zero-order valence-electron chi connectivity index (χ0n) is 16.2. The molecule has 0 unspecified atom stereocenters. The molecular weight excluding hydrogens is 372 g/mol. The predicted octanol–water partition coefficient (Wildman–Crippen LogP) is 6.94. The molecular formula is C25H30FeO-6. The summed E-state index contributed by atoms with van der Waals surface area (Å²) in [5.74, 6) is 0.117. The normalized spacial score (nSPS) is 9.81. The van der Waals surface area contributed by atoms with Crippen molar-refractivity contribution in [1.82, 2.24) is 0 Å². The maximum Gasteiger partial charge on any atom is 0.112 e. The first-order valence-electron chi connectivity index (χ1n) is 9.83. The van der Waals surface area contributed by atoms with Gasteiger partial charge in [0.05, 0.1) is 0 Å². The van der Waals surface area contributed by atoms with Crippen molar-refractivity contribution in [3.63, 3.8) is 0 Å². The van der Waals surface area contributed by atoms with Gasteiger partial charge in [0.2, 0.25) is 0 Å². The standard InChI is InChI=1S/C20H25O.C5H5.Fe/c1-2-3-4-5-6-7-10-17-13-15-19(16-14-17)20(21)18-11-8-9-12-18;1-2-4-5-3-1;/h8-9,11-16H,2-7,10H2,1H3;1-5H;/q-1;-5;. The van der Waals surface area contributed by atoms with Gasteiger partial charge in [0.25, 0.3) is 0 Å². The van der Waals surface area contributed by atoms with Crippen molar-refractivity contribution in [3.05, 3.63) is 95.6 Å². The number of unbranched alkanes of at least 4 members (excludes halogenated alkanes) is 5. The van der Waals surface area contributed by atoms with Gasteiger partial charge in [-0.25, -0.2) is 0 Å². The maximum atomic E-state index is 12.2. The van der Waals surface area contributed by atoms with Gasteiger partial charge in [-0.3, -0.25) is 0 Å². The smallest absolute Gasteiger partial charge is 0.112 e. The van der Waals surface area contributed by atoms with Crippen LogP contribution in [0.2, 0.25) is 0 Å². The molecule has 0 fully saturated rings. The fourth-order valence-electron chi connectivity index (χ4n) is 2.95. The van der Waals surface area contributed by atoms with Gasteiger partial charge in [-0.05, 0) is 18.4 Å². The van der Waals surface area contributed by atoms with Crippen LogP contribution in [0.4, 0.5) is 0 Å². The molecule has 0 radical (unpaired) electrons. The van der Waals surface area contributed by atoms with Crippen LogP contribution in [0, 0.1) is 0 Å². The minimum atomic E-state index is 0. The third kappa shape index (κ3) is 9.04. The third-order valence-electron chi connectivity index (χ3n) is 4.52. The van der Waals surface area contributed by atoms with Crippen LogP contribution < -0.4 is 0 Å². The van der Waals surface area contributed by atoms with Crippen LogP contribution in [0.1, 0.15) is 66.9 Å². The molecule has 2 heteroatoms. The van der Waals surface area contributed by atoms with Gasteiger partial charge < -0.3 is 35.1 Å². The minimum Gasteiger partial charge on any atom is -0.748 e. The van der Waals surface area contributed by atoms with E-state index in [2.05, 4.69) is 19.1 Å². The summed E-state index contributed by atoms with van der Waals surface area (Å²) in [6.45, 7) is 2.25. The van der Waals surface area contributed by atoms with Crippen molar-refractivity contribution in [2.75, 3.05) is 0 Å². The first-order chi connectivity index (χ1) is 12.8. The van der Waals surface area contributed by atoms with E-state index >= 15 is 0 Å². The summed E-state index contributed by atoms with van der Waals surface area (Å²) in [6.07, 6.45) is 9.06. The monoisotopic (exact) mass is 402 g/mol. The van der Waals surface area contributed by atoms with E-state index in [1.54, 1.807) is 0 Å². The average Bonchev–Trinajstić information content (AvgIpc) is 3.41. The molecule has 0 saturated heterocycles. The van der Waals surface area contributed by atoms with E-state index < -0.39 is 0 Å². The second-order valence-electron chi connectivity index (χ2n) is 6.68. The molecule has 3 rings (SSSR count). The van der Waals surface area contributed by atoms with E-state index in [1.165, 1.54) is 44.1 Å². The molecule has 3 aromatic carbocycles. The number of carbonyl (C=O) groups excluding carboxylic acids is 1. The molecule has 0 aromatic heterocycles. The molecule has 0 saturated carbocycles. The number of benzene rings is 1. The topological polar surface area (TPSA) is 17.1 Å². The number of carbonyl (C=O) groups is 1. The Morgan fingerprint density at radius 3 is 1.89 bits per heavy atom. The van der Waals surface area contributed by atoms with E-state index in [0.717, 1.165) is 17.5 Å². The van der Waals surface area contributed by atoms with Crippen molar-refractivity contribution < 1.29 is 21.9 Å². The maximum absolute atomic E-state index is 12.2. The van der Waals surface area contributed by atoms with E-state index in [9.17, 15) is 4.79 Å². The SMILES string of the molecule is CCCCCCCCc1ccc(C(=O)[c-]2cccc2)cc1.[Fe].[cH-]1[cH-][cH-][cH-][cH-]1. The molecule has 27 heavy (non-hydrogen) atoms. The van der Waals surface area contributed by atoms with Crippen molar-refractivity contribution in [3.8, 4) is 0 Å². The van der Waals surface area contributed by atoms with Gasteiger partial charge in [0, 0.05) is 17.1 Å². The molecule has 3 aromatic rings. The number of hydrogen-bond acceptors (Lipinski definition) is 1. The van der Waals surface area contributed by atoms with E-state index in [-0.39, 0.29) is 22.9 Å². The first-order valence-corrected chi connectivity index (χ1v) is 9.83. The van der Waals surface area contributed by atoms with Crippen molar-refractivity contribution >= 4 is 5.78 Å². The zero-order valence-corrected chi connectivity index (χ0v) is 17.3. The minimum absolute atomic E-state index is 0. The van der Waals surface area contributed by atoms with Crippen molar-refractivity contribution in [1.29, 1.82) is 0 Å². The molecule has 150 valence electrons. The van der Waals surface area contributed by atoms with Gasteiger partial charge in [0.1, 0.15) is 5.78 Å². The molecule has 0 heterocycles. The van der Waals surface area contributed by atoms with Gasteiger partial charge in [-0.1, -0.05) is 74.4 Å². The predicted molar refractivity (Wildman–Crippen MR) is 111 cm³/mol. The van der Waals surface area contributed by atoms with Gasteiger partial charge in [0.15, 0.2) is 0 Å². The van der Waals surface area contributed by atoms with Crippen LogP contribution in [-0.4, -0.2) is 5.78 Å². The Morgan fingerprint density at radius 2 is 1.33 bits per heavy atom. The number of ketones is 1. The van der Waals surface area contributed by atoms with Crippen molar-refractivity contribution in [2.45, 2.75) is 51.9 Å². The molecule has 0 aliphatic carbocycles. The number of hydrogen-bond donors (Lipinski definition) is 0. The van der Waals surface area contributed by atoms with Crippen LogP contribution in [0.3, 0.4) is 0 Å². The zero-order chi connectivity index (χ0) is 18.5. The second-order valence-corrected chi connectivity index (χ2v) is 6.68. The van der Waals surface area contributed by atoms with Crippen LogP contribution in [0.25, 0.3) is 0 Å². The Labute approximate surface area is 175 Å². The molecule has 0 bridgehead atoms. The van der Waals surface area contributed by atoms with Gasteiger partial charge in [-0.2, -0.15) is 12.1 Å². The van der Waals surface area contributed by atoms with Crippen LogP contribution in [-0.2, 0) is 23.5 Å². The summed E-state index contributed by atoms with van der Waals surface area (Å²) >= 11 is 0. The third-order valence-corrected chi connectivity index (χ3v) is 4.52. The second kappa shape index (κ2) is 14.2. The summed E-state index contributed by atoms with van der Waals surface area (Å²) in [5.41, 5.74) is 2.90. The Bertz CT molecular complexity index is 676. The summed E-state index contributed by atoms with van der Waals surface area (Å²) in [6, 6.07) is 25.7. The van der Waals surface area contributed by atoms with Crippen LogP contribution in [0.5, 0.6) is 0 Å². The first kappa shape index (κ1) is 23.1. The van der Waals surface area contributed by atoms with Crippen LogP contribution in [0.15, 0.2) is 78.9 Å². The summed E-state index contributed by atoms with van der Waals surface area (Å²) in [5, 5.41) is 0. The Hall–Kier alpha value is -1.89. The van der Waals surface area contributed by atoms with Gasteiger partial charge in [-0.15, -0.1) is 12.1 Å². The van der Waals surface area contributed by atoms with Crippen LogP contribution >= 0.6 is 0 Å². The summed E-state index contributed by atoms with van der Waals surface area (Å²) < 4.78 is 0. The fraction of sp³-hybridized carbons (Fsp3) is 0.320. The van der Waals surface area contributed by atoms with Crippen molar-refractivity contribution in [2.24, 2.45) is 0 Å². The van der Waals surface area contributed by atoms with E-state index in [4.69, 9.17) is 0 Å². The summed E-state index contributed by atoms with van der Waals surface area (Å²) in [4.78, 5) is 12.2. The molecule has 0 atom stereocenters. The van der Waals surface area contributed by atoms with E-state index in [1.807, 2.05) is 66.7 Å². The summed E-state index contributed by atoms with van der Waals surface area (Å²) in [7, 11) is 0. The fourth-order valence-corrected chi connectivity index (χ4v) is 2.95. The number of rotatable bonds is 9. The molecule has 1 nitrogen and oxygen atoms in total. The Balaban J connectivity index is 0.000000526. The molecule has 0 aliphatic rings. The number of aryl methyl sites for hydroxylation is 1. The largest absolute Gasteiger partial charge is 0.748 e. The Kier molecular flexibility index (Phi) is 12.2. The van der Waals surface area contributed by atoms with Gasteiger partial charge >= 0.3 is 0 Å². The Morgan fingerprint density at radius 1 is 0.815 bits per heavy atom. The average molecular weight is 402 g/mol. The quantitative estimate of drug-likeness (QED) is 0.164. The molecule has 0 amide bonds. The molecule has 0 aliphatic heterocycles.